The first-order valence-electron chi connectivity index (χ1n) is 7.10. The van der Waals surface area contributed by atoms with Crippen molar-refractivity contribution in [1.82, 2.24) is 4.98 Å². The molecule has 20 heavy (non-hydrogen) atoms. The fourth-order valence-corrected chi connectivity index (χ4v) is 4.44. The maximum atomic E-state index is 11.1. The first kappa shape index (κ1) is 15.6. The Balaban J connectivity index is 2.34. The summed E-state index contributed by atoms with van der Waals surface area (Å²) < 4.78 is 5.46. The molecule has 0 bridgehead atoms. The Morgan fingerprint density at radius 2 is 2.10 bits per heavy atom. The van der Waals surface area contributed by atoms with Gasteiger partial charge in [-0.3, -0.25) is 4.98 Å². The summed E-state index contributed by atoms with van der Waals surface area (Å²) in [4.78, 5) is 4.54. The number of hydrogen-bond acceptors (Lipinski definition) is 4. The number of aliphatic hydroxyl groups is 1. The molecule has 0 amide bonds. The molecule has 2 rings (SSSR count). The molecule has 1 N–H and O–H groups in total. The number of nitrogens with zero attached hydrogens (tertiary/aromatic N) is 1. The van der Waals surface area contributed by atoms with Crippen LogP contribution >= 0.6 is 11.8 Å². The van der Waals surface area contributed by atoms with E-state index in [1.807, 2.05) is 31.8 Å². The van der Waals surface area contributed by atoms with E-state index in [0.717, 1.165) is 40.5 Å². The van der Waals surface area contributed by atoms with Crippen molar-refractivity contribution in [2.75, 3.05) is 18.6 Å². The van der Waals surface area contributed by atoms with E-state index in [4.69, 9.17) is 4.74 Å². The van der Waals surface area contributed by atoms with E-state index >= 15 is 0 Å². The second kappa shape index (κ2) is 5.57. The number of pyridine rings is 1. The topological polar surface area (TPSA) is 42.4 Å². The van der Waals surface area contributed by atoms with Crippen LogP contribution < -0.4 is 4.74 Å². The van der Waals surface area contributed by atoms with Gasteiger partial charge in [0.1, 0.15) is 5.75 Å². The Kier molecular flexibility index (Phi) is 4.35. The van der Waals surface area contributed by atoms with Crippen LogP contribution in [0.4, 0.5) is 0 Å². The van der Waals surface area contributed by atoms with E-state index < -0.39 is 5.60 Å². The number of thioether (sulfide) groups is 1. The molecule has 1 unspecified atom stereocenters. The fourth-order valence-electron chi connectivity index (χ4n) is 2.81. The Morgan fingerprint density at radius 3 is 2.70 bits per heavy atom. The molecule has 0 aromatic carbocycles. The summed E-state index contributed by atoms with van der Waals surface area (Å²) in [5, 5.41) is 11.1. The first-order chi connectivity index (χ1) is 9.31. The van der Waals surface area contributed by atoms with Gasteiger partial charge < -0.3 is 9.84 Å². The predicted molar refractivity (Wildman–Crippen MR) is 84.6 cm³/mol. The van der Waals surface area contributed by atoms with E-state index in [1.54, 1.807) is 7.11 Å². The Bertz CT molecular complexity index is 501. The van der Waals surface area contributed by atoms with Crippen LogP contribution in [0.5, 0.6) is 5.75 Å². The average Bonchev–Trinajstić information content (AvgIpc) is 2.38. The van der Waals surface area contributed by atoms with Crippen LogP contribution in [0, 0.1) is 19.3 Å². The van der Waals surface area contributed by atoms with E-state index in [9.17, 15) is 5.11 Å². The maximum Gasteiger partial charge on any atom is 0.128 e. The number of hydrogen-bond donors (Lipinski definition) is 1. The lowest BCUT2D eigenvalue weighted by Gasteiger charge is -2.46. The molecule has 3 nitrogen and oxygen atoms in total. The minimum absolute atomic E-state index is 0.0789. The molecule has 0 saturated carbocycles. The Morgan fingerprint density at radius 1 is 1.40 bits per heavy atom. The number of aryl methyl sites for hydroxylation is 1. The van der Waals surface area contributed by atoms with Gasteiger partial charge in [-0.15, -0.1) is 0 Å². The van der Waals surface area contributed by atoms with Crippen LogP contribution in [-0.2, 0) is 6.42 Å². The highest BCUT2D eigenvalue weighted by atomic mass is 32.2. The molecule has 2 heterocycles. The lowest BCUT2D eigenvalue weighted by atomic mass is 9.71. The molecule has 1 aliphatic heterocycles. The van der Waals surface area contributed by atoms with Gasteiger partial charge in [0.2, 0.25) is 0 Å². The van der Waals surface area contributed by atoms with Crippen molar-refractivity contribution in [3.05, 3.63) is 23.0 Å². The summed E-state index contributed by atoms with van der Waals surface area (Å²) in [6, 6.07) is 0. The summed E-state index contributed by atoms with van der Waals surface area (Å²) >= 11 is 1.83. The third-order valence-electron chi connectivity index (χ3n) is 4.68. The Labute approximate surface area is 126 Å². The molecule has 1 aliphatic rings. The van der Waals surface area contributed by atoms with Gasteiger partial charge in [-0.05, 0) is 31.4 Å². The molecule has 0 spiro atoms. The molecule has 0 radical (unpaired) electrons. The minimum Gasteiger partial charge on any atom is -0.496 e. The molecule has 1 saturated heterocycles. The van der Waals surface area contributed by atoms with Gasteiger partial charge in [-0.2, -0.15) is 11.8 Å². The van der Waals surface area contributed by atoms with Gasteiger partial charge in [0.25, 0.3) is 0 Å². The number of aromatic nitrogens is 1. The van der Waals surface area contributed by atoms with Crippen LogP contribution in [0.1, 0.15) is 37.1 Å². The number of methoxy groups -OCH3 is 1. The zero-order chi connectivity index (χ0) is 15.0. The highest BCUT2D eigenvalue weighted by molar-refractivity contribution is 7.99. The van der Waals surface area contributed by atoms with E-state index in [-0.39, 0.29) is 5.41 Å². The maximum absolute atomic E-state index is 11.1. The molecule has 4 heteroatoms. The molecule has 1 fully saturated rings. The standard InChI is InChI=1S/C16H25NO2S/c1-11-9-17-13(12(2)14(11)19-5)8-16(18)10-20-7-6-15(16,3)4/h9,18H,6-8,10H2,1-5H3. The van der Waals surface area contributed by atoms with Crippen molar-refractivity contribution in [3.63, 3.8) is 0 Å². The number of ether oxygens (including phenoxy) is 1. The normalized spacial score (nSPS) is 25.5. The highest BCUT2D eigenvalue weighted by Gasteiger charge is 2.46. The van der Waals surface area contributed by atoms with Crippen LogP contribution in [0.25, 0.3) is 0 Å². The van der Waals surface area contributed by atoms with Crippen LogP contribution in [0.2, 0.25) is 0 Å². The number of rotatable bonds is 3. The smallest absolute Gasteiger partial charge is 0.128 e. The van der Waals surface area contributed by atoms with E-state index in [0.29, 0.717) is 6.42 Å². The fraction of sp³-hybridized carbons (Fsp3) is 0.688. The van der Waals surface area contributed by atoms with Gasteiger partial charge in [-0.1, -0.05) is 13.8 Å². The van der Waals surface area contributed by atoms with Crippen molar-refractivity contribution < 1.29 is 9.84 Å². The van der Waals surface area contributed by atoms with Crippen LogP contribution in [0.3, 0.4) is 0 Å². The van der Waals surface area contributed by atoms with Gasteiger partial charge in [0.05, 0.1) is 12.7 Å². The van der Waals surface area contributed by atoms with Gasteiger partial charge >= 0.3 is 0 Å². The lowest BCUT2D eigenvalue weighted by molar-refractivity contribution is -0.0521. The molecule has 0 aliphatic carbocycles. The summed E-state index contributed by atoms with van der Waals surface area (Å²) in [5.74, 6) is 2.79. The quantitative estimate of drug-likeness (QED) is 0.930. The molecular formula is C16H25NO2S. The predicted octanol–water partition coefficient (Wildman–Crippen LogP) is 3.14. The largest absolute Gasteiger partial charge is 0.496 e. The molecule has 1 aromatic rings. The van der Waals surface area contributed by atoms with Gasteiger partial charge in [-0.25, -0.2) is 0 Å². The van der Waals surface area contributed by atoms with Crippen LogP contribution in [0.15, 0.2) is 6.20 Å². The Hall–Kier alpha value is -0.740. The lowest BCUT2D eigenvalue weighted by Crippen LogP contribution is -2.51. The van der Waals surface area contributed by atoms with Crippen molar-refractivity contribution >= 4 is 11.8 Å². The SMILES string of the molecule is COc1c(C)cnc(CC2(O)CSCCC2(C)C)c1C. The molecule has 1 aromatic heterocycles. The van der Waals surface area contributed by atoms with E-state index in [1.165, 1.54) is 0 Å². The van der Waals surface area contributed by atoms with Crippen molar-refractivity contribution in [2.24, 2.45) is 5.41 Å². The summed E-state index contributed by atoms with van der Waals surface area (Å²) in [6.07, 6.45) is 3.47. The van der Waals surface area contributed by atoms with Gasteiger partial charge in [0, 0.05) is 35.2 Å². The van der Waals surface area contributed by atoms with Crippen molar-refractivity contribution in [1.29, 1.82) is 0 Å². The molecule has 1 atom stereocenters. The second-order valence-corrected chi connectivity index (χ2v) is 7.55. The monoisotopic (exact) mass is 295 g/mol. The highest BCUT2D eigenvalue weighted by Crippen LogP contribution is 2.44. The summed E-state index contributed by atoms with van der Waals surface area (Å²) in [5.41, 5.74) is 2.26. The van der Waals surface area contributed by atoms with Crippen molar-refractivity contribution in [3.8, 4) is 5.75 Å². The molecular weight excluding hydrogens is 270 g/mol. The third kappa shape index (κ3) is 2.68. The zero-order valence-electron chi connectivity index (χ0n) is 13.1. The summed E-state index contributed by atoms with van der Waals surface area (Å²) in [7, 11) is 1.69. The van der Waals surface area contributed by atoms with E-state index in [2.05, 4.69) is 18.8 Å². The first-order valence-corrected chi connectivity index (χ1v) is 8.25. The van der Waals surface area contributed by atoms with Crippen LogP contribution in [-0.4, -0.2) is 34.3 Å². The average molecular weight is 295 g/mol. The second-order valence-electron chi connectivity index (χ2n) is 6.44. The van der Waals surface area contributed by atoms with Gasteiger partial charge in [0.15, 0.2) is 0 Å². The molecule has 112 valence electrons. The minimum atomic E-state index is -0.700. The zero-order valence-corrected chi connectivity index (χ0v) is 13.9. The summed E-state index contributed by atoms with van der Waals surface area (Å²) in [6.45, 7) is 8.35. The van der Waals surface area contributed by atoms with Crippen molar-refractivity contribution in [2.45, 2.75) is 46.1 Å². The third-order valence-corrected chi connectivity index (χ3v) is 5.86.